The van der Waals surface area contributed by atoms with Gasteiger partial charge in [-0.15, -0.1) is 0 Å². The number of hydrogen-bond donors (Lipinski definition) is 0. The van der Waals surface area contributed by atoms with E-state index in [0.717, 1.165) is 24.2 Å². The number of carbonyl (C=O) groups excluding carboxylic acids is 1. The van der Waals surface area contributed by atoms with E-state index >= 15 is 0 Å². The van der Waals surface area contributed by atoms with E-state index in [2.05, 4.69) is 30.9 Å². The van der Waals surface area contributed by atoms with Crippen molar-refractivity contribution in [3.05, 3.63) is 46.7 Å². The van der Waals surface area contributed by atoms with Crippen LogP contribution in [0.3, 0.4) is 0 Å². The van der Waals surface area contributed by atoms with Crippen LogP contribution in [0, 0.1) is 5.41 Å². The summed E-state index contributed by atoms with van der Waals surface area (Å²) in [5.74, 6) is -0.0895. The third-order valence-electron chi connectivity index (χ3n) is 6.86. The molecule has 0 amide bonds. The number of sulfone groups is 1. The summed E-state index contributed by atoms with van der Waals surface area (Å²) in [6, 6.07) is 8.01. The summed E-state index contributed by atoms with van der Waals surface area (Å²) in [5, 5.41) is 0. The van der Waals surface area contributed by atoms with Crippen LogP contribution < -0.4 is 0 Å². The Hall–Kier alpha value is -1.47. The van der Waals surface area contributed by atoms with Crippen molar-refractivity contribution >= 4 is 26.4 Å². The molecule has 3 atom stereocenters. The number of benzene rings is 1. The van der Waals surface area contributed by atoms with E-state index in [1.54, 1.807) is 0 Å². The number of ketones is 1. The molecule has 3 heterocycles. The van der Waals surface area contributed by atoms with E-state index < -0.39 is 24.7 Å². The molecule has 7 heteroatoms. The van der Waals surface area contributed by atoms with E-state index in [0.29, 0.717) is 18.4 Å². The van der Waals surface area contributed by atoms with Crippen molar-refractivity contribution in [1.29, 1.82) is 0 Å². The Balaban J connectivity index is 1.80. The van der Waals surface area contributed by atoms with Gasteiger partial charge in [-0.3, -0.25) is 9.00 Å². The van der Waals surface area contributed by atoms with Gasteiger partial charge in [0.25, 0.3) is 0 Å². The molecule has 0 aromatic heterocycles. The van der Waals surface area contributed by atoms with Crippen molar-refractivity contribution in [2.75, 3.05) is 18.1 Å². The smallest absolute Gasteiger partial charge is 0.179 e. The standard InChI is InChI=1S/C21H25NO4S2/c1-20(2)11-17-19(18(23)13-20)21(27(24)9-10-28(21,25)26)12-16-15-6-4-3-5-14(15)7-8-22(16)17/h3-6,16H,7-13H2,1-2H3. The Labute approximate surface area is 168 Å². The van der Waals surface area contributed by atoms with Gasteiger partial charge in [-0.2, -0.15) is 0 Å². The average molecular weight is 420 g/mol. The number of nitrogens with zero attached hydrogens (tertiary/aromatic N) is 1. The number of hydrogen-bond acceptors (Lipinski definition) is 5. The molecule has 28 heavy (non-hydrogen) atoms. The minimum Gasteiger partial charge on any atom is -0.367 e. The minimum atomic E-state index is -3.66. The first kappa shape index (κ1) is 18.6. The van der Waals surface area contributed by atoms with Crippen molar-refractivity contribution in [2.24, 2.45) is 5.41 Å². The van der Waals surface area contributed by atoms with E-state index in [9.17, 15) is 17.4 Å². The van der Waals surface area contributed by atoms with Crippen molar-refractivity contribution in [3.8, 4) is 0 Å². The van der Waals surface area contributed by atoms with Crippen molar-refractivity contribution < 1.29 is 17.4 Å². The fourth-order valence-electron chi connectivity index (χ4n) is 5.66. The van der Waals surface area contributed by atoms with Gasteiger partial charge in [-0.25, -0.2) is 8.42 Å². The molecule has 0 N–H and O–H groups in total. The second-order valence-corrected chi connectivity index (χ2v) is 13.6. The van der Waals surface area contributed by atoms with Crippen LogP contribution in [0.4, 0.5) is 0 Å². The highest BCUT2D eigenvalue weighted by Crippen LogP contribution is 2.56. The van der Waals surface area contributed by atoms with Gasteiger partial charge in [-0.1, -0.05) is 38.1 Å². The van der Waals surface area contributed by atoms with Gasteiger partial charge in [0.1, 0.15) is 0 Å². The lowest BCUT2D eigenvalue weighted by atomic mass is 9.71. The molecule has 1 fully saturated rings. The molecule has 4 aliphatic rings. The zero-order chi connectivity index (χ0) is 19.9. The molecule has 3 unspecified atom stereocenters. The average Bonchev–Trinajstić information content (AvgIpc) is 2.84. The molecule has 1 aliphatic carbocycles. The van der Waals surface area contributed by atoms with Crippen LogP contribution >= 0.6 is 0 Å². The second kappa shape index (κ2) is 5.79. The summed E-state index contributed by atoms with van der Waals surface area (Å²) >= 11 is 0. The Morgan fingerprint density at radius 1 is 1.18 bits per heavy atom. The number of Topliss-reactive ketones (excluding diaryl/α,β-unsaturated/α-hetero) is 1. The largest absolute Gasteiger partial charge is 0.367 e. The monoisotopic (exact) mass is 419 g/mol. The highest BCUT2D eigenvalue weighted by Gasteiger charge is 2.64. The third-order valence-corrected chi connectivity index (χ3v) is 12.2. The number of fused-ring (bicyclic) bond motifs is 5. The maximum absolute atomic E-state index is 13.3. The van der Waals surface area contributed by atoms with Crippen molar-refractivity contribution in [3.63, 3.8) is 0 Å². The Morgan fingerprint density at radius 3 is 2.64 bits per heavy atom. The summed E-state index contributed by atoms with van der Waals surface area (Å²) in [5.41, 5.74) is 3.32. The first-order valence-corrected chi connectivity index (χ1v) is 12.9. The minimum absolute atomic E-state index is 0.0958. The molecule has 5 rings (SSSR count). The second-order valence-electron chi connectivity index (χ2n) is 9.25. The van der Waals surface area contributed by atoms with Crippen LogP contribution in [0.5, 0.6) is 0 Å². The Morgan fingerprint density at radius 2 is 1.93 bits per heavy atom. The summed E-state index contributed by atoms with van der Waals surface area (Å²) in [6.07, 6.45) is 2.07. The van der Waals surface area contributed by atoms with Crippen LogP contribution in [0.25, 0.3) is 0 Å². The predicted octanol–water partition coefficient (Wildman–Crippen LogP) is 2.51. The molecule has 1 aromatic carbocycles. The summed E-state index contributed by atoms with van der Waals surface area (Å²) in [6.45, 7) is 4.89. The van der Waals surface area contributed by atoms with Gasteiger partial charge in [0.15, 0.2) is 19.7 Å². The molecule has 0 saturated carbocycles. The number of allylic oxidation sites excluding steroid dienone is 1. The van der Waals surface area contributed by atoms with Gasteiger partial charge >= 0.3 is 0 Å². The zero-order valence-electron chi connectivity index (χ0n) is 16.2. The first-order chi connectivity index (χ1) is 13.2. The number of carbonyl (C=O) groups is 1. The van der Waals surface area contributed by atoms with Crippen LogP contribution in [0.15, 0.2) is 35.5 Å². The highest BCUT2D eigenvalue weighted by molar-refractivity contribution is 8.11. The molecule has 1 aromatic rings. The highest BCUT2D eigenvalue weighted by atomic mass is 32.3. The SMILES string of the molecule is CC1(C)CC(=O)C2=C(C1)N1CCc3ccccc3C1CC21S(=O)CCS1(=O)=O. The number of rotatable bonds is 0. The quantitative estimate of drug-likeness (QED) is 0.646. The zero-order valence-corrected chi connectivity index (χ0v) is 17.9. The molecule has 0 radical (unpaired) electrons. The van der Waals surface area contributed by atoms with Gasteiger partial charge in [0, 0.05) is 47.2 Å². The lowest BCUT2D eigenvalue weighted by Gasteiger charge is -2.52. The van der Waals surface area contributed by atoms with Crippen LogP contribution in [0.2, 0.25) is 0 Å². The van der Waals surface area contributed by atoms with Crippen molar-refractivity contribution in [1.82, 2.24) is 4.90 Å². The maximum atomic E-state index is 13.3. The fourth-order valence-corrected chi connectivity index (χ4v) is 11.2. The van der Waals surface area contributed by atoms with Gasteiger partial charge in [-0.05, 0) is 29.4 Å². The molecule has 0 bridgehead atoms. The topological polar surface area (TPSA) is 71.5 Å². The molecule has 1 saturated heterocycles. The maximum Gasteiger partial charge on any atom is 0.179 e. The summed E-state index contributed by atoms with van der Waals surface area (Å²) in [4.78, 5) is 15.5. The molecular formula is C21H25NO4S2. The summed E-state index contributed by atoms with van der Waals surface area (Å²) in [7, 11) is -5.24. The molecule has 5 nitrogen and oxygen atoms in total. The van der Waals surface area contributed by atoms with E-state index in [-0.39, 0.29) is 35.2 Å². The first-order valence-electron chi connectivity index (χ1n) is 9.88. The molecule has 150 valence electrons. The van der Waals surface area contributed by atoms with Gasteiger partial charge in [0.05, 0.1) is 11.8 Å². The third kappa shape index (κ3) is 2.32. The van der Waals surface area contributed by atoms with Crippen LogP contribution in [0.1, 0.15) is 50.3 Å². The van der Waals surface area contributed by atoms with Gasteiger partial charge in [0.2, 0.25) is 0 Å². The fraction of sp³-hybridized carbons (Fsp3) is 0.571. The van der Waals surface area contributed by atoms with Crippen molar-refractivity contribution in [2.45, 2.75) is 49.7 Å². The summed E-state index contributed by atoms with van der Waals surface area (Å²) < 4.78 is 38.3. The molecular weight excluding hydrogens is 394 g/mol. The lowest BCUT2D eigenvalue weighted by molar-refractivity contribution is -0.119. The van der Waals surface area contributed by atoms with Crippen LogP contribution in [-0.4, -0.2) is 45.4 Å². The Bertz CT molecular complexity index is 1060. The lowest BCUT2D eigenvalue weighted by Crippen LogP contribution is -2.55. The van der Waals surface area contributed by atoms with E-state index in [1.165, 1.54) is 5.56 Å². The van der Waals surface area contributed by atoms with E-state index in [1.807, 2.05) is 12.1 Å². The molecule has 3 aliphatic heterocycles. The normalized spacial score (nSPS) is 35.5. The molecule has 1 spiro atoms. The Kier molecular flexibility index (Phi) is 3.83. The predicted molar refractivity (Wildman–Crippen MR) is 109 cm³/mol. The van der Waals surface area contributed by atoms with Gasteiger partial charge < -0.3 is 4.90 Å². The van der Waals surface area contributed by atoms with E-state index in [4.69, 9.17) is 0 Å². The van der Waals surface area contributed by atoms with Crippen LogP contribution in [-0.2, 0) is 31.9 Å².